The number of rotatable bonds is 11. The number of hydrogen-bond acceptors (Lipinski definition) is 2. The molecule has 2 N–H and O–H groups in total. The van der Waals surface area contributed by atoms with Gasteiger partial charge in [0, 0.05) is 33.5 Å². The van der Waals surface area contributed by atoms with Crippen LogP contribution in [0.25, 0.3) is 10.8 Å². The zero-order chi connectivity index (χ0) is 26.1. The molecule has 36 heavy (non-hydrogen) atoms. The maximum absolute atomic E-state index is 13.7. The van der Waals surface area contributed by atoms with Gasteiger partial charge in [0.2, 0.25) is 11.8 Å². The molecule has 0 radical (unpaired) electrons. The Hall–Kier alpha value is -3.44. The zero-order valence-electron chi connectivity index (χ0n) is 22.3. The molecule has 3 rings (SSSR count). The van der Waals surface area contributed by atoms with Gasteiger partial charge in [0.25, 0.3) is 0 Å². The van der Waals surface area contributed by atoms with Gasteiger partial charge in [0.15, 0.2) is 0 Å². The van der Waals surface area contributed by atoms with Gasteiger partial charge in [-0.3, -0.25) is 9.59 Å². The molecule has 0 spiro atoms. The Morgan fingerprint density at radius 2 is 1.58 bits per heavy atom. The van der Waals surface area contributed by atoms with E-state index in [1.54, 1.807) is 22.9 Å². The minimum Gasteiger partial charge on any atom is -0.344 e. The summed E-state index contributed by atoms with van der Waals surface area (Å²) in [6, 6.07) is 24.0. The van der Waals surface area contributed by atoms with Gasteiger partial charge < -0.3 is 15.1 Å². The molecule has 5 nitrogen and oxygen atoms in total. The fraction of sp³-hybridized carbons (Fsp3) is 0.355. The lowest BCUT2D eigenvalue weighted by Gasteiger charge is -2.30. The quantitative estimate of drug-likeness (QED) is 0.419. The Labute approximate surface area is 215 Å². The van der Waals surface area contributed by atoms with Crippen LogP contribution in [0.5, 0.6) is 0 Å². The minimum absolute atomic E-state index is 0.0212. The number of quaternary nitrogens is 1. The van der Waals surface area contributed by atoms with Crippen LogP contribution in [0, 0.1) is 0 Å². The molecule has 0 aliphatic carbocycles. The molecule has 190 valence electrons. The van der Waals surface area contributed by atoms with Gasteiger partial charge in [-0.05, 0) is 48.2 Å². The molecule has 5 heteroatoms. The lowest BCUT2D eigenvalue weighted by Crippen LogP contribution is -2.91. The van der Waals surface area contributed by atoms with E-state index in [9.17, 15) is 9.59 Å². The summed E-state index contributed by atoms with van der Waals surface area (Å²) in [5.41, 5.74) is 2.24. The number of fused-ring (bicyclic) bond motifs is 1. The summed E-state index contributed by atoms with van der Waals surface area (Å²) in [4.78, 5) is 30.1. The molecule has 3 aromatic carbocycles. The summed E-state index contributed by atoms with van der Waals surface area (Å²) in [6.45, 7) is 4.87. The van der Waals surface area contributed by atoms with Crippen molar-refractivity contribution in [1.82, 2.24) is 9.80 Å². The highest BCUT2D eigenvalue weighted by molar-refractivity contribution is 5.93. The first kappa shape index (κ1) is 27.2. The predicted octanol–water partition coefficient (Wildman–Crippen LogP) is 3.83. The molecule has 0 aliphatic rings. The van der Waals surface area contributed by atoms with E-state index in [1.807, 2.05) is 50.5 Å². The van der Waals surface area contributed by atoms with E-state index in [-0.39, 0.29) is 17.4 Å². The van der Waals surface area contributed by atoms with Gasteiger partial charge in [0.1, 0.15) is 6.04 Å². The van der Waals surface area contributed by atoms with E-state index in [2.05, 4.69) is 61.6 Å². The summed E-state index contributed by atoms with van der Waals surface area (Å²) < 4.78 is 0. The SMILES string of the molecule is C[NH2+]C(C)(C)C/C=C/C(=O)N(C)[C@H](Cc1ccc2ccccc2c1)C(=O)N(C)CCc1ccccc1. The van der Waals surface area contributed by atoms with Crippen LogP contribution in [-0.2, 0) is 22.4 Å². The van der Waals surface area contributed by atoms with Crippen LogP contribution in [0.2, 0.25) is 0 Å². The summed E-state index contributed by atoms with van der Waals surface area (Å²) >= 11 is 0. The summed E-state index contributed by atoms with van der Waals surface area (Å²) in [7, 11) is 5.59. The molecule has 0 heterocycles. The first-order valence-electron chi connectivity index (χ1n) is 12.7. The van der Waals surface area contributed by atoms with Crippen LogP contribution < -0.4 is 5.32 Å². The maximum Gasteiger partial charge on any atom is 0.246 e. The Morgan fingerprint density at radius 3 is 2.28 bits per heavy atom. The smallest absolute Gasteiger partial charge is 0.246 e. The van der Waals surface area contributed by atoms with E-state index < -0.39 is 6.04 Å². The lowest BCUT2D eigenvalue weighted by molar-refractivity contribution is -0.695. The molecule has 0 fully saturated rings. The second-order valence-electron chi connectivity index (χ2n) is 10.2. The first-order valence-corrected chi connectivity index (χ1v) is 12.7. The van der Waals surface area contributed by atoms with Crippen LogP contribution in [0.3, 0.4) is 0 Å². The first-order chi connectivity index (χ1) is 17.2. The second kappa shape index (κ2) is 12.5. The van der Waals surface area contributed by atoms with Crippen molar-refractivity contribution in [3.05, 3.63) is 96.1 Å². The van der Waals surface area contributed by atoms with Gasteiger partial charge in [0.05, 0.1) is 12.6 Å². The topological polar surface area (TPSA) is 57.2 Å². The van der Waals surface area contributed by atoms with Gasteiger partial charge >= 0.3 is 0 Å². The van der Waals surface area contributed by atoms with Gasteiger partial charge in [-0.1, -0.05) is 78.9 Å². The molecular formula is C31H40N3O2+. The van der Waals surface area contributed by atoms with E-state index in [0.717, 1.165) is 29.2 Å². The van der Waals surface area contributed by atoms with Crippen molar-refractivity contribution < 1.29 is 14.9 Å². The highest BCUT2D eigenvalue weighted by Gasteiger charge is 2.29. The summed E-state index contributed by atoms with van der Waals surface area (Å²) in [5, 5.41) is 4.43. The summed E-state index contributed by atoms with van der Waals surface area (Å²) in [5.74, 6) is -0.205. The van der Waals surface area contributed by atoms with Crippen molar-refractivity contribution in [3.63, 3.8) is 0 Å². The highest BCUT2D eigenvalue weighted by atomic mass is 16.2. The molecule has 0 unspecified atom stereocenters. The molecule has 0 saturated heterocycles. The number of carbonyl (C=O) groups excluding carboxylic acids is 2. The molecule has 0 aliphatic heterocycles. The number of benzene rings is 3. The van der Waals surface area contributed by atoms with Crippen LogP contribution in [-0.4, -0.2) is 60.9 Å². The molecule has 1 atom stereocenters. The number of carbonyl (C=O) groups is 2. The Morgan fingerprint density at radius 1 is 0.917 bits per heavy atom. The number of amides is 2. The maximum atomic E-state index is 13.7. The van der Waals surface area contributed by atoms with Gasteiger partial charge in [-0.15, -0.1) is 0 Å². The van der Waals surface area contributed by atoms with E-state index in [0.29, 0.717) is 13.0 Å². The van der Waals surface area contributed by atoms with E-state index >= 15 is 0 Å². The Bertz CT molecular complexity index is 1190. The molecule has 0 aromatic heterocycles. The van der Waals surface area contributed by atoms with Crippen molar-refractivity contribution in [2.24, 2.45) is 0 Å². The Kier molecular flexibility index (Phi) is 9.43. The third-order valence-electron chi connectivity index (χ3n) is 6.98. The number of nitrogens with zero attached hydrogens (tertiary/aromatic N) is 2. The van der Waals surface area contributed by atoms with Gasteiger partial charge in [-0.2, -0.15) is 0 Å². The molecule has 2 amide bonds. The predicted molar refractivity (Wildman–Crippen MR) is 148 cm³/mol. The number of hydrogen-bond donors (Lipinski definition) is 1. The lowest BCUT2D eigenvalue weighted by atomic mass is 9.99. The van der Waals surface area contributed by atoms with E-state index in [1.165, 1.54) is 5.56 Å². The van der Waals surface area contributed by atoms with Crippen LogP contribution in [0.4, 0.5) is 0 Å². The fourth-order valence-corrected chi connectivity index (χ4v) is 4.14. The summed E-state index contributed by atoms with van der Waals surface area (Å²) in [6.07, 6.45) is 5.52. The fourth-order valence-electron chi connectivity index (χ4n) is 4.14. The van der Waals surface area contributed by atoms with Crippen LogP contribution in [0.1, 0.15) is 31.4 Å². The monoisotopic (exact) mass is 486 g/mol. The van der Waals surface area contributed by atoms with Crippen LogP contribution in [0.15, 0.2) is 84.9 Å². The third-order valence-corrected chi connectivity index (χ3v) is 6.98. The van der Waals surface area contributed by atoms with Gasteiger partial charge in [-0.25, -0.2) is 0 Å². The standard InChI is InChI=1S/C31H39N3O2/c1-31(2,32-3)20-11-16-29(35)34(5)28(23-25-17-18-26-14-9-10-15-27(26)22-25)30(36)33(4)21-19-24-12-7-6-8-13-24/h6-18,22,28,32H,19-21,23H2,1-5H3/p+1/b16-11+/t28-/m1/s1. The average molecular weight is 487 g/mol. The van der Waals surface area contributed by atoms with Crippen molar-refractivity contribution in [2.75, 3.05) is 27.7 Å². The Balaban J connectivity index is 1.79. The average Bonchev–Trinajstić information content (AvgIpc) is 2.89. The van der Waals surface area contributed by atoms with Crippen molar-refractivity contribution in [3.8, 4) is 0 Å². The molecule has 3 aromatic rings. The zero-order valence-corrected chi connectivity index (χ0v) is 22.3. The van der Waals surface area contributed by atoms with Crippen molar-refractivity contribution in [1.29, 1.82) is 0 Å². The molecule has 0 saturated carbocycles. The van der Waals surface area contributed by atoms with E-state index in [4.69, 9.17) is 0 Å². The molecular weight excluding hydrogens is 446 g/mol. The largest absolute Gasteiger partial charge is 0.344 e. The van der Waals surface area contributed by atoms with Crippen molar-refractivity contribution >= 4 is 22.6 Å². The second-order valence-corrected chi connectivity index (χ2v) is 10.2. The van der Waals surface area contributed by atoms with Crippen LogP contribution >= 0.6 is 0 Å². The minimum atomic E-state index is -0.588. The highest BCUT2D eigenvalue weighted by Crippen LogP contribution is 2.19. The molecule has 0 bridgehead atoms. The normalized spacial score (nSPS) is 12.6. The van der Waals surface area contributed by atoms with Crippen molar-refractivity contribution in [2.45, 2.75) is 44.7 Å². The number of likely N-dealkylation sites (N-methyl/N-ethyl adjacent to an activating group) is 2. The number of nitrogens with two attached hydrogens (primary N) is 1. The third kappa shape index (κ3) is 7.53.